The Bertz CT molecular complexity index is 381. The second-order valence-corrected chi connectivity index (χ2v) is 2.61. The van der Waals surface area contributed by atoms with Gasteiger partial charge in [0.1, 0.15) is 12.3 Å². The van der Waals surface area contributed by atoms with Crippen LogP contribution in [-0.4, -0.2) is 16.2 Å². The molecule has 0 bridgehead atoms. The zero-order chi connectivity index (χ0) is 8.39. The average molecular weight is 164 g/mol. The Labute approximate surface area is 69.6 Å². The molecule has 0 radical (unpaired) electrons. The number of hydrogen-bond donors (Lipinski definition) is 0. The van der Waals surface area contributed by atoms with Gasteiger partial charge in [0.15, 0.2) is 0 Å². The minimum Gasteiger partial charge on any atom is -0.330 e. The predicted molar refractivity (Wildman–Crippen MR) is 45.7 cm³/mol. The van der Waals surface area contributed by atoms with Gasteiger partial charge in [-0.1, -0.05) is 0 Å². The Morgan fingerprint density at radius 2 is 2.33 bits per heavy atom. The fraction of sp³-hybridized carbons (Fsp3) is 0.222. The van der Waals surface area contributed by atoms with Gasteiger partial charge in [0.25, 0.3) is 0 Å². The number of rotatable bonds is 2. The molecule has 0 aromatic carbocycles. The van der Waals surface area contributed by atoms with Crippen molar-refractivity contribution >= 4 is 11.0 Å². The second kappa shape index (κ2) is 2.93. The molecule has 0 aliphatic heterocycles. The van der Waals surface area contributed by atoms with Crippen LogP contribution in [-0.2, 0) is 6.54 Å². The fourth-order valence-electron chi connectivity index (χ4n) is 1.29. The number of halogens is 1. The summed E-state index contributed by atoms with van der Waals surface area (Å²) in [5.74, 6) is 0. The second-order valence-electron chi connectivity index (χ2n) is 2.61. The van der Waals surface area contributed by atoms with Crippen molar-refractivity contribution in [3.63, 3.8) is 0 Å². The van der Waals surface area contributed by atoms with Gasteiger partial charge in [-0.05, 0) is 18.2 Å². The first-order valence-electron chi connectivity index (χ1n) is 3.87. The smallest absolute Gasteiger partial charge is 0.139 e. The van der Waals surface area contributed by atoms with Gasteiger partial charge in [0, 0.05) is 17.8 Å². The summed E-state index contributed by atoms with van der Waals surface area (Å²) >= 11 is 0. The first kappa shape index (κ1) is 7.28. The van der Waals surface area contributed by atoms with E-state index in [0.717, 1.165) is 11.0 Å². The van der Waals surface area contributed by atoms with E-state index in [9.17, 15) is 4.39 Å². The molecule has 3 heteroatoms. The van der Waals surface area contributed by atoms with Crippen LogP contribution in [0.4, 0.5) is 4.39 Å². The number of hydrogen-bond acceptors (Lipinski definition) is 1. The molecular formula is C9H9FN2. The number of aryl methyl sites for hydroxylation is 1. The lowest BCUT2D eigenvalue weighted by atomic mass is 10.3. The first-order valence-corrected chi connectivity index (χ1v) is 3.87. The van der Waals surface area contributed by atoms with E-state index in [4.69, 9.17) is 0 Å². The van der Waals surface area contributed by atoms with Crippen LogP contribution < -0.4 is 0 Å². The molecule has 0 saturated heterocycles. The lowest BCUT2D eigenvalue weighted by Crippen LogP contribution is -1.97. The summed E-state index contributed by atoms with van der Waals surface area (Å²) in [6, 6.07) is 5.79. The van der Waals surface area contributed by atoms with Crippen LogP contribution in [0, 0.1) is 0 Å². The standard InChI is InChI=1S/C9H9FN2/c10-4-7-12-6-3-8-2-1-5-11-9(8)12/h1-3,5-6H,4,7H2. The molecule has 0 fully saturated rings. The molecule has 2 nitrogen and oxygen atoms in total. The highest BCUT2D eigenvalue weighted by atomic mass is 19.1. The molecule has 0 aliphatic rings. The van der Waals surface area contributed by atoms with E-state index in [1.54, 1.807) is 6.20 Å². The molecule has 2 rings (SSSR count). The maximum absolute atomic E-state index is 12.0. The normalized spacial score (nSPS) is 10.8. The van der Waals surface area contributed by atoms with Gasteiger partial charge in [-0.15, -0.1) is 0 Å². The molecule has 62 valence electrons. The largest absolute Gasteiger partial charge is 0.330 e. The number of aromatic nitrogens is 2. The maximum atomic E-state index is 12.0. The molecule has 12 heavy (non-hydrogen) atoms. The number of nitrogens with zero attached hydrogens (tertiary/aromatic N) is 2. The van der Waals surface area contributed by atoms with Gasteiger partial charge < -0.3 is 4.57 Å². The van der Waals surface area contributed by atoms with E-state index in [-0.39, 0.29) is 6.67 Å². The summed E-state index contributed by atoms with van der Waals surface area (Å²) in [7, 11) is 0. The van der Waals surface area contributed by atoms with Crippen molar-refractivity contribution in [3.05, 3.63) is 30.6 Å². The minimum absolute atomic E-state index is 0.347. The quantitative estimate of drug-likeness (QED) is 0.663. The molecule has 0 atom stereocenters. The number of fused-ring (bicyclic) bond motifs is 1. The third kappa shape index (κ3) is 1.07. The van der Waals surface area contributed by atoms with Crippen LogP contribution in [0.3, 0.4) is 0 Å². The molecule has 2 heterocycles. The van der Waals surface area contributed by atoms with E-state index in [0.29, 0.717) is 6.54 Å². The highest BCUT2D eigenvalue weighted by Crippen LogP contribution is 2.11. The minimum atomic E-state index is -0.347. The van der Waals surface area contributed by atoms with E-state index in [1.807, 2.05) is 29.0 Å². The van der Waals surface area contributed by atoms with Crippen LogP contribution >= 0.6 is 0 Å². The third-order valence-electron chi connectivity index (χ3n) is 1.85. The summed E-state index contributed by atoms with van der Waals surface area (Å²) in [6.07, 6.45) is 3.58. The van der Waals surface area contributed by atoms with Crippen LogP contribution in [0.2, 0.25) is 0 Å². The van der Waals surface area contributed by atoms with Crippen LogP contribution in [0.25, 0.3) is 11.0 Å². The Morgan fingerprint density at radius 3 is 3.17 bits per heavy atom. The van der Waals surface area contributed by atoms with Gasteiger partial charge in [-0.25, -0.2) is 9.37 Å². The highest BCUT2D eigenvalue weighted by molar-refractivity contribution is 5.75. The summed E-state index contributed by atoms with van der Waals surface area (Å²) < 4.78 is 13.9. The number of pyridine rings is 1. The highest BCUT2D eigenvalue weighted by Gasteiger charge is 1.99. The van der Waals surface area contributed by atoms with E-state index in [1.165, 1.54) is 0 Å². The zero-order valence-electron chi connectivity index (χ0n) is 6.57. The van der Waals surface area contributed by atoms with E-state index in [2.05, 4.69) is 4.98 Å². The molecule has 0 N–H and O–H groups in total. The summed E-state index contributed by atoms with van der Waals surface area (Å²) in [4.78, 5) is 4.16. The molecule has 2 aromatic heterocycles. The van der Waals surface area contributed by atoms with Gasteiger partial charge in [0.05, 0.1) is 6.54 Å². The van der Waals surface area contributed by atoms with E-state index < -0.39 is 0 Å². The molecule has 0 aliphatic carbocycles. The van der Waals surface area contributed by atoms with Gasteiger partial charge in [-0.2, -0.15) is 0 Å². The lowest BCUT2D eigenvalue weighted by Gasteiger charge is -1.98. The predicted octanol–water partition coefficient (Wildman–Crippen LogP) is 2.01. The van der Waals surface area contributed by atoms with Crippen LogP contribution in [0.5, 0.6) is 0 Å². The maximum Gasteiger partial charge on any atom is 0.139 e. The SMILES string of the molecule is FCCn1ccc2cccnc21. The summed E-state index contributed by atoms with van der Waals surface area (Å²) in [6.45, 7) is 0.0425. The lowest BCUT2D eigenvalue weighted by molar-refractivity contribution is 0.450. The number of alkyl halides is 1. The monoisotopic (exact) mass is 164 g/mol. The Kier molecular flexibility index (Phi) is 1.78. The van der Waals surface area contributed by atoms with Crippen molar-refractivity contribution in [1.82, 2.24) is 9.55 Å². The molecular weight excluding hydrogens is 155 g/mol. The molecule has 0 amide bonds. The van der Waals surface area contributed by atoms with Crippen LogP contribution in [0.1, 0.15) is 0 Å². The van der Waals surface area contributed by atoms with Crippen molar-refractivity contribution in [2.24, 2.45) is 0 Å². The molecule has 0 saturated carbocycles. The van der Waals surface area contributed by atoms with Crippen molar-refractivity contribution in [2.45, 2.75) is 6.54 Å². The molecule has 0 unspecified atom stereocenters. The van der Waals surface area contributed by atoms with Gasteiger partial charge >= 0.3 is 0 Å². The Balaban J connectivity index is 2.55. The van der Waals surface area contributed by atoms with Crippen molar-refractivity contribution in [2.75, 3.05) is 6.67 Å². The Morgan fingerprint density at radius 1 is 1.42 bits per heavy atom. The van der Waals surface area contributed by atoms with Crippen molar-refractivity contribution < 1.29 is 4.39 Å². The fourth-order valence-corrected chi connectivity index (χ4v) is 1.29. The third-order valence-corrected chi connectivity index (χ3v) is 1.85. The van der Waals surface area contributed by atoms with Crippen LogP contribution in [0.15, 0.2) is 30.6 Å². The topological polar surface area (TPSA) is 17.8 Å². The van der Waals surface area contributed by atoms with E-state index >= 15 is 0 Å². The summed E-state index contributed by atoms with van der Waals surface area (Å²) in [5.41, 5.74) is 0.857. The Hall–Kier alpha value is -1.38. The zero-order valence-corrected chi connectivity index (χ0v) is 6.57. The first-order chi connectivity index (χ1) is 5.92. The summed E-state index contributed by atoms with van der Waals surface area (Å²) in [5, 5.41) is 1.06. The average Bonchev–Trinajstić information content (AvgIpc) is 2.50. The molecule has 0 spiro atoms. The van der Waals surface area contributed by atoms with Gasteiger partial charge in [-0.3, -0.25) is 0 Å². The van der Waals surface area contributed by atoms with Crippen molar-refractivity contribution in [1.29, 1.82) is 0 Å². The van der Waals surface area contributed by atoms with Gasteiger partial charge in [0.2, 0.25) is 0 Å². The van der Waals surface area contributed by atoms with Crippen molar-refractivity contribution in [3.8, 4) is 0 Å². The molecule has 2 aromatic rings.